The predicted octanol–water partition coefficient (Wildman–Crippen LogP) is 1.34. The molecule has 2 saturated heterocycles. The lowest BCUT2D eigenvalue weighted by Crippen LogP contribution is -2.59. The molecule has 0 spiro atoms. The van der Waals surface area contributed by atoms with Crippen LogP contribution in [-0.2, 0) is 9.53 Å². The summed E-state index contributed by atoms with van der Waals surface area (Å²) < 4.78 is 5.44. The van der Waals surface area contributed by atoms with Crippen molar-refractivity contribution in [2.24, 2.45) is 11.8 Å². The molecule has 2 aromatic rings. The first-order valence-corrected chi connectivity index (χ1v) is 10.5. The summed E-state index contributed by atoms with van der Waals surface area (Å²) in [6.45, 7) is 2.01. The fourth-order valence-electron chi connectivity index (χ4n) is 4.24. The average molecular weight is 408 g/mol. The van der Waals surface area contributed by atoms with Gasteiger partial charge in [-0.15, -0.1) is 0 Å². The van der Waals surface area contributed by atoms with Crippen molar-refractivity contribution < 1.29 is 14.3 Å². The number of aromatic nitrogens is 3. The van der Waals surface area contributed by atoms with Crippen molar-refractivity contribution in [2.45, 2.75) is 37.6 Å². The molecule has 2 aliphatic heterocycles. The van der Waals surface area contributed by atoms with Gasteiger partial charge in [0.1, 0.15) is 11.6 Å². The lowest BCUT2D eigenvalue weighted by atomic mass is 9.89. The SMILES string of the molecule is N#CC1CN(C(=O)C(NC(=O)c2c[nH]c3ncc(C4CC4)nc23)C2CCOCC2)C1. The molecular formula is C21H24N6O3. The zero-order valence-electron chi connectivity index (χ0n) is 16.6. The number of nitrogens with one attached hydrogen (secondary N) is 2. The molecule has 3 fully saturated rings. The Bertz CT molecular complexity index is 1010. The Hall–Kier alpha value is -2.99. The molecular weight excluding hydrogens is 384 g/mol. The summed E-state index contributed by atoms with van der Waals surface area (Å²) in [4.78, 5) is 40.0. The number of hydrogen-bond acceptors (Lipinski definition) is 6. The van der Waals surface area contributed by atoms with Gasteiger partial charge < -0.3 is 19.9 Å². The molecule has 2 aromatic heterocycles. The van der Waals surface area contributed by atoms with Gasteiger partial charge >= 0.3 is 0 Å². The zero-order chi connectivity index (χ0) is 20.7. The molecule has 2 N–H and O–H groups in total. The average Bonchev–Trinajstić information content (AvgIpc) is 3.50. The molecule has 1 saturated carbocycles. The largest absolute Gasteiger partial charge is 0.381 e. The van der Waals surface area contributed by atoms with Crippen LogP contribution in [0.4, 0.5) is 0 Å². The number of aromatic amines is 1. The summed E-state index contributed by atoms with van der Waals surface area (Å²) in [6, 6.07) is 1.55. The minimum absolute atomic E-state index is 0.00894. The van der Waals surface area contributed by atoms with E-state index in [-0.39, 0.29) is 23.7 Å². The molecule has 30 heavy (non-hydrogen) atoms. The second-order valence-corrected chi connectivity index (χ2v) is 8.44. The topological polar surface area (TPSA) is 124 Å². The smallest absolute Gasteiger partial charge is 0.255 e. The van der Waals surface area contributed by atoms with E-state index in [4.69, 9.17) is 10.00 Å². The van der Waals surface area contributed by atoms with Crippen LogP contribution in [0, 0.1) is 23.2 Å². The van der Waals surface area contributed by atoms with Crippen LogP contribution >= 0.6 is 0 Å². The van der Waals surface area contributed by atoms with Crippen LogP contribution in [-0.4, -0.2) is 64.0 Å². The molecule has 1 atom stereocenters. The lowest BCUT2D eigenvalue weighted by molar-refractivity contribution is -0.140. The van der Waals surface area contributed by atoms with Crippen LogP contribution in [0.25, 0.3) is 11.2 Å². The van der Waals surface area contributed by atoms with Gasteiger partial charge in [0.25, 0.3) is 5.91 Å². The van der Waals surface area contributed by atoms with Crippen molar-refractivity contribution >= 4 is 23.0 Å². The number of rotatable bonds is 5. The molecule has 9 heteroatoms. The van der Waals surface area contributed by atoms with Gasteiger partial charge in [0.2, 0.25) is 5.91 Å². The van der Waals surface area contributed by atoms with E-state index in [0.29, 0.717) is 61.8 Å². The van der Waals surface area contributed by atoms with Crippen molar-refractivity contribution in [3.05, 3.63) is 23.7 Å². The van der Waals surface area contributed by atoms with E-state index in [9.17, 15) is 9.59 Å². The number of ether oxygens (including phenoxy) is 1. The third-order valence-corrected chi connectivity index (χ3v) is 6.31. The van der Waals surface area contributed by atoms with Gasteiger partial charge in [0.15, 0.2) is 5.65 Å². The maximum Gasteiger partial charge on any atom is 0.255 e. The van der Waals surface area contributed by atoms with Gasteiger partial charge in [0, 0.05) is 38.4 Å². The van der Waals surface area contributed by atoms with Crippen molar-refractivity contribution in [2.75, 3.05) is 26.3 Å². The number of nitriles is 1. The van der Waals surface area contributed by atoms with E-state index in [1.807, 2.05) is 0 Å². The Balaban J connectivity index is 1.38. The van der Waals surface area contributed by atoms with Crippen molar-refractivity contribution in [3.63, 3.8) is 0 Å². The number of carbonyl (C=O) groups is 2. The monoisotopic (exact) mass is 408 g/mol. The summed E-state index contributed by atoms with van der Waals surface area (Å²) in [5.41, 5.74) is 2.43. The van der Waals surface area contributed by atoms with Crippen molar-refractivity contribution in [1.82, 2.24) is 25.2 Å². The molecule has 1 aliphatic carbocycles. The summed E-state index contributed by atoms with van der Waals surface area (Å²) in [6.07, 6.45) is 7.01. The summed E-state index contributed by atoms with van der Waals surface area (Å²) in [7, 11) is 0. The minimum Gasteiger partial charge on any atom is -0.381 e. The third kappa shape index (κ3) is 3.52. The maximum atomic E-state index is 13.2. The fourth-order valence-corrected chi connectivity index (χ4v) is 4.24. The summed E-state index contributed by atoms with van der Waals surface area (Å²) in [5, 5.41) is 12.0. The standard InChI is InChI=1S/C21H24N6O3/c22-7-12-10-27(11-12)21(29)17(14-3-5-30-6-4-14)26-20(28)15-8-23-19-18(15)25-16(9-24-19)13-1-2-13/h8-9,12-14,17H,1-6,10-11H2,(H,23,24)(H,26,28). The van der Waals surface area contributed by atoms with E-state index < -0.39 is 6.04 Å². The maximum absolute atomic E-state index is 13.2. The number of H-pyrrole nitrogens is 1. The highest BCUT2D eigenvalue weighted by molar-refractivity contribution is 6.06. The van der Waals surface area contributed by atoms with E-state index in [0.717, 1.165) is 18.5 Å². The number of carbonyl (C=O) groups excluding carboxylic acids is 2. The summed E-state index contributed by atoms with van der Waals surface area (Å²) >= 11 is 0. The summed E-state index contributed by atoms with van der Waals surface area (Å²) in [5.74, 6) is -0.125. The Labute approximate surface area is 173 Å². The normalized spacial score (nSPS) is 21.1. The van der Waals surface area contributed by atoms with Crippen LogP contribution < -0.4 is 5.32 Å². The van der Waals surface area contributed by atoms with Crippen molar-refractivity contribution in [3.8, 4) is 6.07 Å². The Morgan fingerprint density at radius 3 is 2.73 bits per heavy atom. The first kappa shape index (κ1) is 19.0. The molecule has 0 aromatic carbocycles. The Kier molecular flexibility index (Phi) is 4.87. The van der Waals surface area contributed by atoms with E-state index >= 15 is 0 Å². The molecule has 0 bridgehead atoms. The van der Waals surface area contributed by atoms with Gasteiger partial charge in [-0.1, -0.05) is 0 Å². The predicted molar refractivity (Wildman–Crippen MR) is 106 cm³/mol. The number of likely N-dealkylation sites (tertiary alicyclic amines) is 1. The highest BCUT2D eigenvalue weighted by atomic mass is 16.5. The van der Waals surface area contributed by atoms with Crippen LogP contribution in [0.5, 0.6) is 0 Å². The van der Waals surface area contributed by atoms with Gasteiger partial charge in [0.05, 0.1) is 29.4 Å². The van der Waals surface area contributed by atoms with Crippen molar-refractivity contribution in [1.29, 1.82) is 5.26 Å². The van der Waals surface area contributed by atoms with Crippen LogP contribution in [0.1, 0.15) is 47.7 Å². The van der Waals surface area contributed by atoms with Crippen LogP contribution in [0.15, 0.2) is 12.4 Å². The molecule has 0 radical (unpaired) electrons. The van der Waals surface area contributed by atoms with Gasteiger partial charge in [-0.2, -0.15) is 5.26 Å². The number of hydrogen-bond donors (Lipinski definition) is 2. The van der Waals surface area contributed by atoms with Gasteiger partial charge in [-0.05, 0) is 31.6 Å². The first-order valence-electron chi connectivity index (χ1n) is 10.5. The van der Waals surface area contributed by atoms with E-state index in [1.165, 1.54) is 0 Å². The highest BCUT2D eigenvalue weighted by Crippen LogP contribution is 2.39. The third-order valence-electron chi connectivity index (χ3n) is 6.31. The molecule has 5 rings (SSSR count). The number of amides is 2. The molecule has 2 amide bonds. The lowest BCUT2D eigenvalue weighted by Gasteiger charge is -2.40. The van der Waals surface area contributed by atoms with E-state index in [2.05, 4.69) is 26.3 Å². The van der Waals surface area contributed by atoms with Gasteiger partial charge in [-0.3, -0.25) is 9.59 Å². The Morgan fingerprint density at radius 1 is 1.27 bits per heavy atom. The Morgan fingerprint density at radius 2 is 2.03 bits per heavy atom. The number of fused-ring (bicyclic) bond motifs is 1. The fraction of sp³-hybridized carbons (Fsp3) is 0.571. The van der Waals surface area contributed by atoms with Crippen LogP contribution in [0.3, 0.4) is 0 Å². The first-order chi connectivity index (χ1) is 14.6. The minimum atomic E-state index is -0.634. The van der Waals surface area contributed by atoms with E-state index in [1.54, 1.807) is 17.3 Å². The second-order valence-electron chi connectivity index (χ2n) is 8.44. The molecule has 3 aliphatic rings. The molecule has 9 nitrogen and oxygen atoms in total. The molecule has 1 unspecified atom stereocenters. The molecule has 156 valence electrons. The number of nitrogens with zero attached hydrogens (tertiary/aromatic N) is 4. The molecule has 4 heterocycles. The quantitative estimate of drug-likeness (QED) is 0.769. The van der Waals surface area contributed by atoms with Gasteiger partial charge in [-0.25, -0.2) is 9.97 Å². The van der Waals surface area contributed by atoms with Crippen LogP contribution in [0.2, 0.25) is 0 Å². The zero-order valence-corrected chi connectivity index (χ0v) is 16.6. The highest BCUT2D eigenvalue weighted by Gasteiger charge is 2.39. The second kappa shape index (κ2) is 7.69.